The molecule has 1 nitrogen and oxygen atoms in total. The molecule has 0 aromatic carbocycles. The van der Waals surface area contributed by atoms with Gasteiger partial charge in [0.15, 0.2) is 0 Å². The molecule has 0 radical (unpaired) electrons. The van der Waals surface area contributed by atoms with E-state index in [0.29, 0.717) is 11.3 Å². The van der Waals surface area contributed by atoms with Crippen LogP contribution in [0.4, 0.5) is 0 Å². The second-order valence-electron chi connectivity index (χ2n) is 2.55. The third kappa shape index (κ3) is 1.84. The van der Waals surface area contributed by atoms with Crippen LogP contribution in [0.1, 0.15) is 19.8 Å². The van der Waals surface area contributed by atoms with Crippen LogP contribution in [-0.4, -0.2) is 18.6 Å². The maximum absolute atomic E-state index is 5.99. The van der Waals surface area contributed by atoms with E-state index in [1.54, 1.807) is 0 Å². The summed E-state index contributed by atoms with van der Waals surface area (Å²) in [4.78, 5) is 0. The van der Waals surface area contributed by atoms with Gasteiger partial charge in [0.2, 0.25) is 0 Å². The zero-order valence-corrected chi connectivity index (χ0v) is 6.53. The van der Waals surface area contributed by atoms with Crippen molar-refractivity contribution in [1.82, 2.24) is 0 Å². The molecule has 1 aliphatic heterocycles. The van der Waals surface area contributed by atoms with Gasteiger partial charge in [-0.1, -0.05) is 6.92 Å². The van der Waals surface area contributed by atoms with Crippen molar-refractivity contribution in [1.29, 1.82) is 0 Å². The molecule has 0 aliphatic carbocycles. The fraction of sp³-hybridized carbons (Fsp3) is 1.00. The van der Waals surface area contributed by atoms with Crippen LogP contribution in [-0.2, 0) is 4.74 Å². The van der Waals surface area contributed by atoms with Gasteiger partial charge in [-0.05, 0) is 12.8 Å². The lowest BCUT2D eigenvalue weighted by atomic mass is 10.0. The minimum absolute atomic E-state index is 0.340. The molecule has 54 valence electrons. The largest absolute Gasteiger partial charge is 0.381 e. The first-order valence-electron chi connectivity index (χ1n) is 3.56. The molecule has 0 saturated carbocycles. The van der Waals surface area contributed by atoms with Crippen LogP contribution in [0.3, 0.4) is 0 Å². The van der Waals surface area contributed by atoms with Crippen LogP contribution in [0.25, 0.3) is 0 Å². The van der Waals surface area contributed by atoms with Crippen molar-refractivity contribution < 1.29 is 4.74 Å². The van der Waals surface area contributed by atoms with Crippen molar-refractivity contribution in [2.45, 2.75) is 25.1 Å². The Kier molecular flexibility index (Phi) is 2.80. The Bertz CT molecular complexity index is 79.0. The van der Waals surface area contributed by atoms with Gasteiger partial charge in [-0.15, -0.1) is 11.6 Å². The van der Waals surface area contributed by atoms with E-state index in [-0.39, 0.29) is 0 Å². The van der Waals surface area contributed by atoms with Crippen molar-refractivity contribution in [3.63, 3.8) is 0 Å². The maximum Gasteiger partial charge on any atom is 0.0509 e. The summed E-state index contributed by atoms with van der Waals surface area (Å²) in [5, 5.41) is 0.340. The van der Waals surface area contributed by atoms with Crippen LogP contribution in [0.15, 0.2) is 0 Å². The van der Waals surface area contributed by atoms with E-state index in [9.17, 15) is 0 Å². The number of ether oxygens (including phenoxy) is 1. The fourth-order valence-electron chi connectivity index (χ4n) is 1.17. The van der Waals surface area contributed by atoms with Crippen molar-refractivity contribution in [3.8, 4) is 0 Å². The molecule has 1 aliphatic rings. The second kappa shape index (κ2) is 3.43. The minimum atomic E-state index is 0.340. The summed E-state index contributed by atoms with van der Waals surface area (Å²) < 4.78 is 5.20. The minimum Gasteiger partial charge on any atom is -0.381 e. The highest BCUT2D eigenvalue weighted by Gasteiger charge is 2.21. The molecule has 1 rings (SSSR count). The summed E-state index contributed by atoms with van der Waals surface area (Å²) in [6, 6.07) is 0. The van der Waals surface area contributed by atoms with Gasteiger partial charge in [0.1, 0.15) is 0 Å². The van der Waals surface area contributed by atoms with Crippen molar-refractivity contribution in [2.24, 2.45) is 5.92 Å². The molecule has 0 bridgehead atoms. The highest BCUT2D eigenvalue weighted by molar-refractivity contribution is 6.20. The van der Waals surface area contributed by atoms with Crippen LogP contribution in [0, 0.1) is 5.92 Å². The Balaban J connectivity index is 2.24. The zero-order chi connectivity index (χ0) is 6.69. The molecule has 2 unspecified atom stereocenters. The topological polar surface area (TPSA) is 9.23 Å². The molecular formula is C7H13ClO. The zero-order valence-electron chi connectivity index (χ0n) is 5.77. The second-order valence-corrected chi connectivity index (χ2v) is 3.11. The average Bonchev–Trinajstić information content (AvgIpc) is 2.37. The standard InChI is InChI=1S/C7H13ClO/c1-2-7(8)6-3-4-9-5-6/h6-7H,2-5H2,1H3. The van der Waals surface area contributed by atoms with Gasteiger partial charge >= 0.3 is 0 Å². The Morgan fingerprint density at radius 3 is 3.00 bits per heavy atom. The van der Waals surface area contributed by atoms with E-state index in [2.05, 4.69) is 6.92 Å². The molecular weight excluding hydrogens is 136 g/mol. The Morgan fingerprint density at radius 1 is 1.78 bits per heavy atom. The van der Waals surface area contributed by atoms with Crippen molar-refractivity contribution in [3.05, 3.63) is 0 Å². The normalized spacial score (nSPS) is 30.7. The van der Waals surface area contributed by atoms with Crippen LogP contribution < -0.4 is 0 Å². The van der Waals surface area contributed by atoms with E-state index in [0.717, 1.165) is 26.1 Å². The molecule has 1 heterocycles. The van der Waals surface area contributed by atoms with Crippen molar-refractivity contribution >= 4 is 11.6 Å². The number of alkyl halides is 1. The van der Waals surface area contributed by atoms with Crippen LogP contribution in [0.2, 0.25) is 0 Å². The molecule has 0 aromatic rings. The summed E-state index contributed by atoms with van der Waals surface area (Å²) in [7, 11) is 0. The van der Waals surface area contributed by atoms with Crippen LogP contribution >= 0.6 is 11.6 Å². The quantitative estimate of drug-likeness (QED) is 0.545. The lowest BCUT2D eigenvalue weighted by molar-refractivity contribution is 0.184. The number of hydrogen-bond acceptors (Lipinski definition) is 1. The molecule has 9 heavy (non-hydrogen) atoms. The highest BCUT2D eigenvalue weighted by Crippen LogP contribution is 2.22. The SMILES string of the molecule is CCC(Cl)C1CCOC1. The Morgan fingerprint density at radius 2 is 2.56 bits per heavy atom. The summed E-state index contributed by atoms with van der Waals surface area (Å²) in [5.41, 5.74) is 0. The van der Waals surface area contributed by atoms with Gasteiger partial charge in [-0.25, -0.2) is 0 Å². The van der Waals surface area contributed by atoms with E-state index >= 15 is 0 Å². The summed E-state index contributed by atoms with van der Waals surface area (Å²) >= 11 is 5.99. The molecule has 0 spiro atoms. The lowest BCUT2D eigenvalue weighted by Gasteiger charge is -2.11. The molecule has 2 atom stereocenters. The molecule has 0 N–H and O–H groups in total. The van der Waals surface area contributed by atoms with Crippen LogP contribution in [0.5, 0.6) is 0 Å². The fourth-order valence-corrected chi connectivity index (χ4v) is 1.37. The lowest BCUT2D eigenvalue weighted by Crippen LogP contribution is -2.13. The first kappa shape index (κ1) is 7.36. The van der Waals surface area contributed by atoms with E-state index in [4.69, 9.17) is 16.3 Å². The van der Waals surface area contributed by atoms with E-state index in [1.807, 2.05) is 0 Å². The summed E-state index contributed by atoms with van der Waals surface area (Å²) in [5.74, 6) is 0.622. The molecule has 1 fully saturated rings. The number of hydrogen-bond donors (Lipinski definition) is 0. The average molecular weight is 149 g/mol. The molecule has 0 aromatic heterocycles. The summed E-state index contributed by atoms with van der Waals surface area (Å²) in [6.45, 7) is 3.91. The Labute approximate surface area is 61.3 Å². The third-order valence-corrected chi connectivity index (χ3v) is 2.53. The van der Waals surface area contributed by atoms with Gasteiger partial charge in [0.05, 0.1) is 6.61 Å². The van der Waals surface area contributed by atoms with E-state index in [1.165, 1.54) is 0 Å². The monoisotopic (exact) mass is 148 g/mol. The van der Waals surface area contributed by atoms with Gasteiger partial charge in [-0.3, -0.25) is 0 Å². The molecule has 0 amide bonds. The number of rotatable bonds is 2. The smallest absolute Gasteiger partial charge is 0.0509 e. The van der Waals surface area contributed by atoms with Gasteiger partial charge in [-0.2, -0.15) is 0 Å². The van der Waals surface area contributed by atoms with Crippen molar-refractivity contribution in [2.75, 3.05) is 13.2 Å². The molecule has 1 saturated heterocycles. The maximum atomic E-state index is 5.99. The first-order valence-corrected chi connectivity index (χ1v) is 4.00. The number of halogens is 1. The van der Waals surface area contributed by atoms with Gasteiger partial charge in [0, 0.05) is 17.9 Å². The third-order valence-electron chi connectivity index (χ3n) is 1.87. The summed E-state index contributed by atoms with van der Waals surface area (Å²) in [6.07, 6.45) is 2.22. The highest BCUT2D eigenvalue weighted by atomic mass is 35.5. The van der Waals surface area contributed by atoms with E-state index < -0.39 is 0 Å². The predicted molar refractivity (Wildman–Crippen MR) is 38.9 cm³/mol. The van der Waals surface area contributed by atoms with Gasteiger partial charge in [0.25, 0.3) is 0 Å². The van der Waals surface area contributed by atoms with Gasteiger partial charge < -0.3 is 4.74 Å². The Hall–Kier alpha value is 0.250. The molecule has 2 heteroatoms. The first-order chi connectivity index (χ1) is 4.34. The predicted octanol–water partition coefficient (Wildman–Crippen LogP) is 2.04.